The van der Waals surface area contributed by atoms with Crippen molar-refractivity contribution >= 4 is 27.7 Å². The highest BCUT2D eigenvalue weighted by Crippen LogP contribution is 2.21. The van der Waals surface area contributed by atoms with Crippen molar-refractivity contribution in [3.8, 4) is 0 Å². The van der Waals surface area contributed by atoms with Crippen LogP contribution in [-0.4, -0.2) is 76.2 Å². The van der Waals surface area contributed by atoms with Crippen molar-refractivity contribution in [3.05, 3.63) is 46.1 Å². The van der Waals surface area contributed by atoms with Gasteiger partial charge in [0.15, 0.2) is 0 Å². The third-order valence-electron chi connectivity index (χ3n) is 6.20. The number of aliphatic carboxylic acids is 1. The molecular weight excluding hydrogens is 536 g/mol. The first-order valence-corrected chi connectivity index (χ1v) is 13.2. The molecule has 0 saturated heterocycles. The highest BCUT2D eigenvalue weighted by Gasteiger charge is 2.20. The second kappa shape index (κ2) is 15.1. The van der Waals surface area contributed by atoms with Gasteiger partial charge in [-0.05, 0) is 85.5 Å². The van der Waals surface area contributed by atoms with Gasteiger partial charge < -0.3 is 20.1 Å². The highest BCUT2D eigenvalue weighted by atomic mass is 79.9. The first kappa shape index (κ1) is 28.3. The second-order valence-electron chi connectivity index (χ2n) is 8.92. The lowest BCUT2D eigenvalue weighted by Gasteiger charge is -2.24. The topological polar surface area (TPSA) is 100 Å². The molecule has 2 aromatic rings. The van der Waals surface area contributed by atoms with Gasteiger partial charge in [-0.3, -0.25) is 4.98 Å². The number of anilines is 1. The van der Waals surface area contributed by atoms with Crippen molar-refractivity contribution in [2.45, 2.75) is 63.8 Å². The number of nitrogens with one attached hydrogen (secondary N) is 1. The van der Waals surface area contributed by atoms with E-state index in [-0.39, 0.29) is 6.61 Å². The summed E-state index contributed by atoms with van der Waals surface area (Å²) in [5.41, 5.74) is 3.71. The van der Waals surface area contributed by atoms with Crippen LogP contribution in [0.4, 0.5) is 14.6 Å². The van der Waals surface area contributed by atoms with Crippen molar-refractivity contribution in [1.82, 2.24) is 19.9 Å². The average molecular weight is 570 g/mol. The summed E-state index contributed by atoms with van der Waals surface area (Å²) in [5.74, 6) is -0.588. The Kier molecular flexibility index (Phi) is 11.9. The standard InChI is InChI=1S/C25H34BrF2N5O3/c26-20-15-29-17-30-24(20)32-22(25(34)35)10-12-33(13-14-36-16-23(27)28)11-4-3-6-19-9-8-18-5-1-2-7-21(18)31-19/h8-9,15,17,22-23H,1-7,10-14,16H2,(H,34,35)(H,29,30,32)/t22-/m0/s1. The molecule has 0 spiro atoms. The van der Waals surface area contributed by atoms with Crippen LogP contribution in [0.15, 0.2) is 29.1 Å². The van der Waals surface area contributed by atoms with E-state index in [1.54, 1.807) is 0 Å². The van der Waals surface area contributed by atoms with Crippen LogP contribution >= 0.6 is 15.9 Å². The predicted octanol–water partition coefficient (Wildman–Crippen LogP) is 4.37. The van der Waals surface area contributed by atoms with Crippen molar-refractivity contribution in [1.29, 1.82) is 0 Å². The smallest absolute Gasteiger partial charge is 0.326 e. The first-order valence-electron chi connectivity index (χ1n) is 12.4. The first-order chi connectivity index (χ1) is 17.4. The van der Waals surface area contributed by atoms with Crippen molar-refractivity contribution in [2.24, 2.45) is 0 Å². The van der Waals surface area contributed by atoms with Gasteiger partial charge in [0, 0.05) is 30.7 Å². The molecule has 2 heterocycles. The fraction of sp³-hybridized carbons (Fsp3) is 0.600. The van der Waals surface area contributed by atoms with E-state index in [1.807, 2.05) is 0 Å². The van der Waals surface area contributed by atoms with Gasteiger partial charge in [0.2, 0.25) is 0 Å². The summed E-state index contributed by atoms with van der Waals surface area (Å²) in [6.45, 7) is 1.21. The molecule has 0 fully saturated rings. The number of aromatic nitrogens is 3. The molecule has 198 valence electrons. The number of ether oxygens (including phenoxy) is 1. The molecule has 0 aliphatic heterocycles. The summed E-state index contributed by atoms with van der Waals surface area (Å²) in [5, 5.41) is 12.6. The normalized spacial score (nSPS) is 14.1. The largest absolute Gasteiger partial charge is 0.480 e. The van der Waals surface area contributed by atoms with Gasteiger partial charge in [-0.2, -0.15) is 0 Å². The minimum Gasteiger partial charge on any atom is -0.480 e. The van der Waals surface area contributed by atoms with E-state index < -0.39 is 25.0 Å². The summed E-state index contributed by atoms with van der Waals surface area (Å²) < 4.78 is 30.5. The summed E-state index contributed by atoms with van der Waals surface area (Å²) >= 11 is 3.32. The quantitative estimate of drug-likeness (QED) is 0.287. The lowest BCUT2D eigenvalue weighted by molar-refractivity contribution is -0.138. The van der Waals surface area contributed by atoms with E-state index in [0.717, 1.165) is 37.8 Å². The average Bonchev–Trinajstić information content (AvgIpc) is 2.86. The minimum absolute atomic E-state index is 0.166. The third kappa shape index (κ3) is 9.67. The minimum atomic E-state index is -2.51. The number of carbonyl (C=O) groups is 1. The number of aryl methyl sites for hydroxylation is 3. The summed E-state index contributed by atoms with van der Waals surface area (Å²) in [7, 11) is 0. The molecule has 11 heteroatoms. The molecule has 0 saturated carbocycles. The number of carboxylic acid groups (broad SMARTS) is 1. The second-order valence-corrected chi connectivity index (χ2v) is 9.78. The lowest BCUT2D eigenvalue weighted by Crippen LogP contribution is -2.37. The van der Waals surface area contributed by atoms with Gasteiger partial charge in [-0.25, -0.2) is 23.5 Å². The maximum atomic E-state index is 12.4. The zero-order valence-corrected chi connectivity index (χ0v) is 21.9. The number of alkyl halides is 2. The predicted molar refractivity (Wildman–Crippen MR) is 136 cm³/mol. The Hall–Kier alpha value is -2.24. The van der Waals surface area contributed by atoms with Crippen LogP contribution < -0.4 is 5.32 Å². The van der Waals surface area contributed by atoms with Crippen LogP contribution in [0.25, 0.3) is 0 Å². The molecule has 0 aromatic carbocycles. The molecule has 2 aromatic heterocycles. The summed E-state index contributed by atoms with van der Waals surface area (Å²) in [6.07, 6.45) is 8.00. The van der Waals surface area contributed by atoms with Crippen LogP contribution in [0.3, 0.4) is 0 Å². The summed E-state index contributed by atoms with van der Waals surface area (Å²) in [6, 6.07) is 3.47. The van der Waals surface area contributed by atoms with Gasteiger partial charge in [0.25, 0.3) is 6.43 Å². The number of fused-ring (bicyclic) bond motifs is 1. The number of hydrogen-bond acceptors (Lipinski definition) is 7. The molecule has 8 nitrogen and oxygen atoms in total. The van der Waals surface area contributed by atoms with Gasteiger partial charge in [0.05, 0.1) is 11.1 Å². The molecule has 0 bridgehead atoms. The highest BCUT2D eigenvalue weighted by molar-refractivity contribution is 9.10. The molecular formula is C25H34BrF2N5O3. The van der Waals surface area contributed by atoms with Crippen molar-refractivity contribution in [3.63, 3.8) is 0 Å². The fourth-order valence-electron chi connectivity index (χ4n) is 4.26. The van der Waals surface area contributed by atoms with Crippen LogP contribution in [0, 0.1) is 0 Å². The van der Waals surface area contributed by atoms with Gasteiger partial charge in [-0.15, -0.1) is 0 Å². The Morgan fingerprint density at radius 2 is 2.03 bits per heavy atom. The third-order valence-corrected chi connectivity index (χ3v) is 6.78. The fourth-order valence-corrected chi connectivity index (χ4v) is 4.60. The molecule has 1 aliphatic carbocycles. The molecule has 0 radical (unpaired) electrons. The number of halogens is 3. The Balaban J connectivity index is 1.50. The Labute approximate surface area is 219 Å². The molecule has 0 unspecified atom stereocenters. The lowest BCUT2D eigenvalue weighted by atomic mass is 9.95. The molecule has 36 heavy (non-hydrogen) atoms. The number of pyridine rings is 1. The molecule has 3 rings (SSSR count). The Morgan fingerprint density at radius 1 is 1.19 bits per heavy atom. The molecule has 2 N–H and O–H groups in total. The van der Waals surface area contributed by atoms with Gasteiger partial charge >= 0.3 is 5.97 Å². The van der Waals surface area contributed by atoms with Crippen LogP contribution in [0.1, 0.15) is 49.1 Å². The number of rotatable bonds is 16. The maximum Gasteiger partial charge on any atom is 0.326 e. The van der Waals surface area contributed by atoms with E-state index >= 15 is 0 Å². The number of carboxylic acids is 1. The maximum absolute atomic E-state index is 12.4. The van der Waals surface area contributed by atoms with E-state index in [2.05, 4.69) is 48.2 Å². The number of nitrogens with zero attached hydrogens (tertiary/aromatic N) is 4. The van der Waals surface area contributed by atoms with E-state index in [0.29, 0.717) is 36.3 Å². The van der Waals surface area contributed by atoms with Crippen LogP contribution in [-0.2, 0) is 28.8 Å². The Bertz CT molecular complexity index is 969. The molecule has 1 aliphatic rings. The number of unbranched alkanes of at least 4 members (excludes halogenated alkanes) is 1. The van der Waals surface area contributed by atoms with Gasteiger partial charge in [0.1, 0.15) is 24.8 Å². The molecule has 1 atom stereocenters. The zero-order valence-electron chi connectivity index (χ0n) is 20.3. The van der Waals surface area contributed by atoms with E-state index in [9.17, 15) is 18.7 Å². The van der Waals surface area contributed by atoms with E-state index in [1.165, 1.54) is 36.6 Å². The SMILES string of the molecule is O=C(O)[C@H](CCN(CCCCc1ccc2c(n1)CCCC2)CCOCC(F)F)Nc1ncncc1Br. The van der Waals surface area contributed by atoms with Crippen molar-refractivity contribution < 1.29 is 23.4 Å². The summed E-state index contributed by atoms with van der Waals surface area (Å²) in [4.78, 5) is 26.7. The van der Waals surface area contributed by atoms with Crippen LogP contribution in [0.2, 0.25) is 0 Å². The van der Waals surface area contributed by atoms with Crippen molar-refractivity contribution in [2.75, 3.05) is 38.2 Å². The van der Waals surface area contributed by atoms with Gasteiger partial charge in [-0.1, -0.05) is 6.07 Å². The monoisotopic (exact) mass is 569 g/mol. The Morgan fingerprint density at radius 3 is 2.81 bits per heavy atom. The molecule has 0 amide bonds. The van der Waals surface area contributed by atoms with Crippen LogP contribution in [0.5, 0.6) is 0 Å². The zero-order chi connectivity index (χ0) is 25.8. The van der Waals surface area contributed by atoms with E-state index in [4.69, 9.17) is 9.72 Å². The number of hydrogen-bond donors (Lipinski definition) is 2.